The number of methoxy groups -OCH3 is 1. The highest BCUT2D eigenvalue weighted by Crippen LogP contribution is 2.24. The molecule has 0 aromatic heterocycles. The van der Waals surface area contributed by atoms with Crippen LogP contribution in [0, 0.1) is 0 Å². The summed E-state index contributed by atoms with van der Waals surface area (Å²) in [7, 11) is 1.57. The summed E-state index contributed by atoms with van der Waals surface area (Å²) >= 11 is 0. The van der Waals surface area contributed by atoms with Crippen molar-refractivity contribution in [2.75, 3.05) is 13.7 Å². The Hall–Kier alpha value is -1.16. The fourth-order valence-corrected chi connectivity index (χ4v) is 1.40. The van der Waals surface area contributed by atoms with Gasteiger partial charge in [0.05, 0.1) is 13.7 Å². The molecule has 0 unspecified atom stereocenters. The van der Waals surface area contributed by atoms with Crippen LogP contribution in [0.15, 0.2) is 24.3 Å². The number of ether oxygens (including phenoxy) is 1. The highest BCUT2D eigenvalue weighted by molar-refractivity contribution is 5.35. The smallest absolute Gasteiger partial charge is 0.250 e. The van der Waals surface area contributed by atoms with Crippen LogP contribution in [0.25, 0.3) is 0 Å². The molecule has 4 heteroatoms. The van der Waals surface area contributed by atoms with E-state index < -0.39 is 6.43 Å². The highest BCUT2D eigenvalue weighted by Gasteiger charge is 2.11. The normalized spacial score (nSPS) is 12.9. The van der Waals surface area contributed by atoms with E-state index in [9.17, 15) is 8.78 Å². The number of para-hydroxylation sites is 1. The van der Waals surface area contributed by atoms with Crippen LogP contribution in [0.3, 0.4) is 0 Å². The van der Waals surface area contributed by atoms with Gasteiger partial charge in [0.15, 0.2) is 0 Å². The molecule has 1 aromatic rings. The van der Waals surface area contributed by atoms with Crippen molar-refractivity contribution in [2.24, 2.45) is 0 Å². The second-order valence-electron chi connectivity index (χ2n) is 3.26. The lowest BCUT2D eigenvalue weighted by Crippen LogP contribution is -2.24. The molecule has 1 N–H and O–H groups in total. The maximum Gasteiger partial charge on any atom is 0.250 e. The largest absolute Gasteiger partial charge is 0.496 e. The van der Waals surface area contributed by atoms with Crippen molar-refractivity contribution in [2.45, 2.75) is 19.4 Å². The van der Waals surface area contributed by atoms with Crippen molar-refractivity contribution in [3.63, 3.8) is 0 Å². The van der Waals surface area contributed by atoms with E-state index in [1.807, 2.05) is 31.2 Å². The molecule has 0 saturated heterocycles. The van der Waals surface area contributed by atoms with Gasteiger partial charge in [0.2, 0.25) is 0 Å². The Bertz CT molecular complexity index is 304. The lowest BCUT2D eigenvalue weighted by atomic mass is 10.1. The first kappa shape index (κ1) is 11.9. The Morgan fingerprint density at radius 2 is 2.00 bits per heavy atom. The predicted molar refractivity (Wildman–Crippen MR) is 55.4 cm³/mol. The van der Waals surface area contributed by atoms with E-state index in [0.29, 0.717) is 5.75 Å². The first-order chi connectivity index (χ1) is 7.15. The summed E-state index contributed by atoms with van der Waals surface area (Å²) < 4.78 is 29.1. The fraction of sp³-hybridized carbons (Fsp3) is 0.455. The Morgan fingerprint density at radius 3 is 2.60 bits per heavy atom. The molecule has 0 radical (unpaired) electrons. The quantitative estimate of drug-likeness (QED) is 0.815. The van der Waals surface area contributed by atoms with Crippen LogP contribution in [-0.4, -0.2) is 20.1 Å². The number of rotatable bonds is 5. The molecule has 0 heterocycles. The van der Waals surface area contributed by atoms with Crippen molar-refractivity contribution in [1.82, 2.24) is 5.32 Å². The van der Waals surface area contributed by atoms with Gasteiger partial charge in [-0.1, -0.05) is 18.2 Å². The molecule has 0 amide bonds. The fourth-order valence-electron chi connectivity index (χ4n) is 1.40. The summed E-state index contributed by atoms with van der Waals surface area (Å²) in [5.41, 5.74) is 0.889. The summed E-state index contributed by atoms with van der Waals surface area (Å²) in [6.45, 7) is 1.53. The number of hydrogen-bond donors (Lipinski definition) is 1. The molecule has 0 spiro atoms. The Kier molecular flexibility index (Phi) is 4.49. The van der Waals surface area contributed by atoms with Crippen LogP contribution in [0.5, 0.6) is 5.75 Å². The zero-order chi connectivity index (χ0) is 11.3. The number of halogens is 2. The average molecular weight is 215 g/mol. The van der Waals surface area contributed by atoms with Gasteiger partial charge in [-0.2, -0.15) is 0 Å². The number of hydrogen-bond acceptors (Lipinski definition) is 2. The van der Waals surface area contributed by atoms with Gasteiger partial charge in [0, 0.05) is 11.6 Å². The van der Waals surface area contributed by atoms with Crippen LogP contribution in [0.2, 0.25) is 0 Å². The molecule has 0 fully saturated rings. The topological polar surface area (TPSA) is 21.3 Å². The molecular formula is C11H15F2NO. The molecule has 2 nitrogen and oxygen atoms in total. The maximum atomic E-state index is 12.0. The highest BCUT2D eigenvalue weighted by atomic mass is 19.3. The second kappa shape index (κ2) is 5.66. The van der Waals surface area contributed by atoms with E-state index in [4.69, 9.17) is 4.74 Å². The molecule has 1 atom stereocenters. The van der Waals surface area contributed by atoms with Crippen LogP contribution >= 0.6 is 0 Å². The van der Waals surface area contributed by atoms with E-state index >= 15 is 0 Å². The summed E-state index contributed by atoms with van der Waals surface area (Å²) in [6.07, 6.45) is -2.33. The Balaban J connectivity index is 2.68. The minimum atomic E-state index is -2.33. The molecule has 84 valence electrons. The SMILES string of the molecule is COc1ccccc1[C@H](C)NCC(F)F. The molecule has 0 aliphatic carbocycles. The van der Waals surface area contributed by atoms with Crippen LogP contribution in [0.1, 0.15) is 18.5 Å². The van der Waals surface area contributed by atoms with Gasteiger partial charge in [-0.25, -0.2) is 8.78 Å². The molecule has 15 heavy (non-hydrogen) atoms. The molecule has 0 bridgehead atoms. The summed E-state index contributed by atoms with van der Waals surface area (Å²) in [4.78, 5) is 0. The summed E-state index contributed by atoms with van der Waals surface area (Å²) in [6, 6.07) is 7.24. The number of benzene rings is 1. The predicted octanol–water partition coefficient (Wildman–Crippen LogP) is 2.61. The molecule has 1 aromatic carbocycles. The third-order valence-corrected chi connectivity index (χ3v) is 2.18. The van der Waals surface area contributed by atoms with Crippen LogP contribution in [-0.2, 0) is 0 Å². The Labute approximate surface area is 88.3 Å². The molecule has 0 aliphatic rings. The standard InChI is InChI=1S/C11H15F2NO/c1-8(14-7-11(12)13)9-5-3-4-6-10(9)15-2/h3-6,8,11,14H,7H2,1-2H3/t8-/m0/s1. The van der Waals surface area contributed by atoms with Crippen molar-refractivity contribution in [1.29, 1.82) is 0 Å². The first-order valence-electron chi connectivity index (χ1n) is 4.79. The van der Waals surface area contributed by atoms with E-state index in [0.717, 1.165) is 5.56 Å². The third kappa shape index (κ3) is 3.47. The van der Waals surface area contributed by atoms with E-state index in [1.165, 1.54) is 0 Å². The van der Waals surface area contributed by atoms with Crippen LogP contribution in [0.4, 0.5) is 8.78 Å². The molecule has 0 saturated carbocycles. The molecule has 0 aliphatic heterocycles. The van der Waals surface area contributed by atoms with E-state index in [-0.39, 0.29) is 12.6 Å². The molecule has 1 rings (SSSR count). The summed E-state index contributed by atoms with van der Waals surface area (Å²) in [5, 5.41) is 2.74. The van der Waals surface area contributed by atoms with Gasteiger partial charge in [-0.3, -0.25) is 0 Å². The first-order valence-corrected chi connectivity index (χ1v) is 4.79. The number of nitrogens with one attached hydrogen (secondary N) is 1. The van der Waals surface area contributed by atoms with Crippen molar-refractivity contribution < 1.29 is 13.5 Å². The van der Waals surface area contributed by atoms with Crippen molar-refractivity contribution >= 4 is 0 Å². The van der Waals surface area contributed by atoms with Gasteiger partial charge < -0.3 is 10.1 Å². The van der Waals surface area contributed by atoms with E-state index in [2.05, 4.69) is 5.32 Å². The monoisotopic (exact) mass is 215 g/mol. The lowest BCUT2D eigenvalue weighted by Gasteiger charge is -2.16. The third-order valence-electron chi connectivity index (χ3n) is 2.18. The van der Waals surface area contributed by atoms with Crippen molar-refractivity contribution in [3.8, 4) is 5.75 Å². The van der Waals surface area contributed by atoms with Gasteiger partial charge in [-0.15, -0.1) is 0 Å². The molecular weight excluding hydrogens is 200 g/mol. The number of alkyl halides is 2. The zero-order valence-corrected chi connectivity index (χ0v) is 8.84. The second-order valence-corrected chi connectivity index (χ2v) is 3.26. The van der Waals surface area contributed by atoms with Gasteiger partial charge in [0.25, 0.3) is 6.43 Å². The van der Waals surface area contributed by atoms with Gasteiger partial charge in [-0.05, 0) is 13.0 Å². The van der Waals surface area contributed by atoms with E-state index in [1.54, 1.807) is 7.11 Å². The zero-order valence-electron chi connectivity index (χ0n) is 8.84. The minimum absolute atomic E-state index is 0.143. The van der Waals surface area contributed by atoms with Crippen molar-refractivity contribution in [3.05, 3.63) is 29.8 Å². The van der Waals surface area contributed by atoms with Gasteiger partial charge in [0.1, 0.15) is 5.75 Å². The minimum Gasteiger partial charge on any atom is -0.496 e. The average Bonchev–Trinajstić information content (AvgIpc) is 2.25. The van der Waals surface area contributed by atoms with Crippen LogP contribution < -0.4 is 10.1 Å². The van der Waals surface area contributed by atoms with Gasteiger partial charge >= 0.3 is 0 Å². The Morgan fingerprint density at radius 1 is 1.33 bits per heavy atom. The maximum absolute atomic E-state index is 12.0. The lowest BCUT2D eigenvalue weighted by molar-refractivity contribution is 0.142. The summed E-state index contributed by atoms with van der Waals surface area (Å²) in [5.74, 6) is 0.715.